The Hall–Kier alpha value is -2.53. The second-order valence-corrected chi connectivity index (χ2v) is 6.30. The Labute approximate surface area is 148 Å². The molecular formula is C20H24N2O3. The molecule has 5 nitrogen and oxygen atoms in total. The maximum absolute atomic E-state index is 11.3. The van der Waals surface area contributed by atoms with E-state index in [0.29, 0.717) is 12.5 Å². The summed E-state index contributed by atoms with van der Waals surface area (Å²) in [5.74, 6) is 1.36. The fourth-order valence-corrected chi connectivity index (χ4v) is 3.10. The molecule has 0 aromatic heterocycles. The molecule has 5 heteroatoms. The number of carbonyl (C=O) groups excluding carboxylic acids is 1. The monoisotopic (exact) mass is 340 g/mol. The maximum atomic E-state index is 11.3. The lowest BCUT2D eigenvalue weighted by Gasteiger charge is -2.23. The first-order valence-corrected chi connectivity index (χ1v) is 8.67. The van der Waals surface area contributed by atoms with E-state index in [0.717, 1.165) is 42.8 Å². The molecule has 1 aliphatic rings. The molecule has 132 valence electrons. The normalized spacial score (nSPS) is 16.2. The van der Waals surface area contributed by atoms with Crippen molar-refractivity contribution >= 4 is 6.09 Å². The highest BCUT2D eigenvalue weighted by Gasteiger charge is 2.19. The SMILES string of the molecule is NC(=O)OC(c1ccccc1)c1cccc(OCC2CCNCC2)c1. The lowest BCUT2D eigenvalue weighted by molar-refractivity contribution is 0.126. The van der Waals surface area contributed by atoms with E-state index in [1.165, 1.54) is 0 Å². The largest absolute Gasteiger partial charge is 0.493 e. The molecule has 0 radical (unpaired) electrons. The smallest absolute Gasteiger partial charge is 0.405 e. The molecule has 0 saturated carbocycles. The second-order valence-electron chi connectivity index (χ2n) is 6.30. The van der Waals surface area contributed by atoms with Gasteiger partial charge in [-0.15, -0.1) is 0 Å². The fourth-order valence-electron chi connectivity index (χ4n) is 3.10. The Morgan fingerprint density at radius 1 is 1.08 bits per heavy atom. The first-order valence-electron chi connectivity index (χ1n) is 8.67. The van der Waals surface area contributed by atoms with Gasteiger partial charge in [0.1, 0.15) is 5.75 Å². The van der Waals surface area contributed by atoms with E-state index < -0.39 is 12.2 Å². The van der Waals surface area contributed by atoms with E-state index in [1.807, 2.05) is 54.6 Å². The first kappa shape index (κ1) is 17.3. The minimum atomic E-state index is -0.796. The van der Waals surface area contributed by atoms with Crippen LogP contribution < -0.4 is 15.8 Å². The number of hydrogen-bond acceptors (Lipinski definition) is 4. The number of benzene rings is 2. The number of ether oxygens (including phenoxy) is 2. The maximum Gasteiger partial charge on any atom is 0.405 e. The topological polar surface area (TPSA) is 73.6 Å². The van der Waals surface area contributed by atoms with Crippen LogP contribution in [0, 0.1) is 5.92 Å². The molecule has 1 unspecified atom stereocenters. The zero-order valence-electron chi connectivity index (χ0n) is 14.2. The number of nitrogens with two attached hydrogens (primary N) is 1. The van der Waals surface area contributed by atoms with Crippen LogP contribution in [-0.4, -0.2) is 25.8 Å². The van der Waals surface area contributed by atoms with Crippen molar-refractivity contribution in [2.24, 2.45) is 11.7 Å². The highest BCUT2D eigenvalue weighted by molar-refractivity contribution is 5.65. The van der Waals surface area contributed by atoms with Crippen LogP contribution >= 0.6 is 0 Å². The molecule has 3 N–H and O–H groups in total. The van der Waals surface area contributed by atoms with Gasteiger partial charge in [0.05, 0.1) is 6.61 Å². The van der Waals surface area contributed by atoms with Crippen molar-refractivity contribution < 1.29 is 14.3 Å². The number of rotatable bonds is 6. The van der Waals surface area contributed by atoms with Crippen LogP contribution in [0.25, 0.3) is 0 Å². The van der Waals surface area contributed by atoms with Crippen LogP contribution in [0.4, 0.5) is 4.79 Å². The number of hydrogen-bond donors (Lipinski definition) is 2. The molecule has 0 bridgehead atoms. The van der Waals surface area contributed by atoms with Crippen molar-refractivity contribution in [3.8, 4) is 5.75 Å². The van der Waals surface area contributed by atoms with E-state index in [2.05, 4.69) is 5.32 Å². The molecule has 2 aromatic carbocycles. The molecule has 3 rings (SSSR count). The van der Waals surface area contributed by atoms with E-state index in [4.69, 9.17) is 15.2 Å². The standard InChI is InChI=1S/C20H24N2O3/c21-20(23)25-19(16-5-2-1-3-6-16)17-7-4-8-18(13-17)24-14-15-9-11-22-12-10-15/h1-8,13,15,19,22H,9-12,14H2,(H2,21,23). The molecule has 2 aromatic rings. The summed E-state index contributed by atoms with van der Waals surface area (Å²) in [6, 6.07) is 17.2. The first-order chi connectivity index (χ1) is 12.2. The second kappa shape index (κ2) is 8.53. The highest BCUT2D eigenvalue weighted by atomic mass is 16.6. The highest BCUT2D eigenvalue weighted by Crippen LogP contribution is 2.29. The van der Waals surface area contributed by atoms with Gasteiger partial charge in [-0.2, -0.15) is 0 Å². The third kappa shape index (κ3) is 4.97. The third-order valence-electron chi connectivity index (χ3n) is 4.44. The molecule has 25 heavy (non-hydrogen) atoms. The fraction of sp³-hybridized carbons (Fsp3) is 0.350. The molecule has 1 heterocycles. The van der Waals surface area contributed by atoms with Crippen molar-refractivity contribution in [1.29, 1.82) is 0 Å². The van der Waals surface area contributed by atoms with Gasteiger partial charge in [0.25, 0.3) is 0 Å². The van der Waals surface area contributed by atoms with Crippen LogP contribution in [0.2, 0.25) is 0 Å². The molecule has 1 amide bonds. The summed E-state index contributed by atoms with van der Waals surface area (Å²) in [5, 5.41) is 3.36. The van der Waals surface area contributed by atoms with E-state index >= 15 is 0 Å². The Kier molecular flexibility index (Phi) is 5.90. The summed E-state index contributed by atoms with van der Waals surface area (Å²) in [6.07, 6.45) is 0.935. The summed E-state index contributed by atoms with van der Waals surface area (Å²) >= 11 is 0. The van der Waals surface area contributed by atoms with Crippen molar-refractivity contribution in [2.75, 3.05) is 19.7 Å². The number of piperidine rings is 1. The van der Waals surface area contributed by atoms with Crippen LogP contribution in [-0.2, 0) is 4.74 Å². The predicted octanol–water partition coefficient (Wildman–Crippen LogP) is 3.25. The summed E-state index contributed by atoms with van der Waals surface area (Å²) in [7, 11) is 0. The number of nitrogens with one attached hydrogen (secondary N) is 1. The lowest BCUT2D eigenvalue weighted by atomic mass is 9.99. The van der Waals surface area contributed by atoms with Gasteiger partial charge >= 0.3 is 6.09 Å². The average molecular weight is 340 g/mol. The van der Waals surface area contributed by atoms with Crippen LogP contribution in [0.1, 0.15) is 30.1 Å². The molecule has 1 aliphatic heterocycles. The summed E-state index contributed by atoms with van der Waals surface area (Å²) < 4.78 is 11.3. The third-order valence-corrected chi connectivity index (χ3v) is 4.44. The molecule has 1 fully saturated rings. The van der Waals surface area contributed by atoms with Gasteiger partial charge in [0.15, 0.2) is 6.10 Å². The van der Waals surface area contributed by atoms with E-state index in [-0.39, 0.29) is 0 Å². The minimum Gasteiger partial charge on any atom is -0.493 e. The van der Waals surface area contributed by atoms with Gasteiger partial charge in [-0.05, 0) is 49.5 Å². The van der Waals surface area contributed by atoms with Crippen molar-refractivity contribution in [3.05, 3.63) is 65.7 Å². The quantitative estimate of drug-likeness (QED) is 0.846. The predicted molar refractivity (Wildman–Crippen MR) is 96.5 cm³/mol. The van der Waals surface area contributed by atoms with Crippen LogP contribution in [0.3, 0.4) is 0 Å². The molecule has 1 saturated heterocycles. The average Bonchev–Trinajstić information content (AvgIpc) is 2.66. The van der Waals surface area contributed by atoms with Gasteiger partial charge < -0.3 is 20.5 Å². The van der Waals surface area contributed by atoms with Gasteiger partial charge in [-0.25, -0.2) is 4.79 Å². The van der Waals surface area contributed by atoms with Crippen LogP contribution in [0.15, 0.2) is 54.6 Å². The van der Waals surface area contributed by atoms with Crippen molar-refractivity contribution in [3.63, 3.8) is 0 Å². The summed E-state index contributed by atoms with van der Waals surface area (Å²) in [5.41, 5.74) is 6.98. The van der Waals surface area contributed by atoms with E-state index in [9.17, 15) is 4.79 Å². The summed E-state index contributed by atoms with van der Waals surface area (Å²) in [4.78, 5) is 11.3. The molecule has 1 atom stereocenters. The van der Waals surface area contributed by atoms with Gasteiger partial charge in [0, 0.05) is 5.56 Å². The number of amides is 1. The zero-order chi connectivity index (χ0) is 17.5. The zero-order valence-corrected chi connectivity index (χ0v) is 14.2. The molecule has 0 spiro atoms. The van der Waals surface area contributed by atoms with Crippen molar-refractivity contribution in [1.82, 2.24) is 5.32 Å². The van der Waals surface area contributed by atoms with Gasteiger partial charge in [-0.3, -0.25) is 0 Å². The molecule has 0 aliphatic carbocycles. The lowest BCUT2D eigenvalue weighted by Crippen LogP contribution is -2.30. The Morgan fingerprint density at radius 2 is 1.80 bits per heavy atom. The summed E-state index contributed by atoms with van der Waals surface area (Å²) in [6.45, 7) is 2.81. The molecular weight excluding hydrogens is 316 g/mol. The Morgan fingerprint density at radius 3 is 2.52 bits per heavy atom. The van der Waals surface area contributed by atoms with E-state index in [1.54, 1.807) is 0 Å². The van der Waals surface area contributed by atoms with Crippen LogP contribution in [0.5, 0.6) is 5.75 Å². The van der Waals surface area contributed by atoms with Gasteiger partial charge in [0.2, 0.25) is 0 Å². The Balaban J connectivity index is 1.74. The number of primary amides is 1. The number of carbonyl (C=O) groups is 1. The minimum absolute atomic E-state index is 0.541. The van der Waals surface area contributed by atoms with Gasteiger partial charge in [-0.1, -0.05) is 42.5 Å². The Bertz CT molecular complexity index is 684. The van der Waals surface area contributed by atoms with Crippen molar-refractivity contribution in [2.45, 2.75) is 18.9 Å².